The minimum absolute atomic E-state index is 0.135. The van der Waals surface area contributed by atoms with Crippen molar-refractivity contribution >= 4 is 21.6 Å². The number of hydrogen-bond acceptors (Lipinski definition) is 3. The Balaban J connectivity index is 0.000000921. The molecular formula is C20H24BrF4NO2. The summed E-state index contributed by atoms with van der Waals surface area (Å²) in [4.78, 5) is 0. The molecule has 1 atom stereocenters. The fourth-order valence-electron chi connectivity index (χ4n) is 2.39. The number of ether oxygens (including phenoxy) is 2. The van der Waals surface area contributed by atoms with Gasteiger partial charge in [-0.2, -0.15) is 17.6 Å². The van der Waals surface area contributed by atoms with Crippen LogP contribution >= 0.6 is 15.9 Å². The van der Waals surface area contributed by atoms with Crippen molar-refractivity contribution in [3.05, 3.63) is 52.5 Å². The summed E-state index contributed by atoms with van der Waals surface area (Å²) in [6.07, 6.45) is -8.48. The van der Waals surface area contributed by atoms with Crippen LogP contribution in [0.15, 0.2) is 46.9 Å². The van der Waals surface area contributed by atoms with Crippen molar-refractivity contribution in [1.29, 1.82) is 0 Å². The first-order valence-corrected chi connectivity index (χ1v) is 9.79. The topological polar surface area (TPSA) is 30.5 Å². The van der Waals surface area contributed by atoms with E-state index >= 15 is 0 Å². The molecule has 8 heteroatoms. The molecule has 0 aromatic heterocycles. The SMILES string of the molecule is CC.CC.FC(F)C(F)(F)Oc1ccccc1C1COc2c(Br)cccc2N1. The number of alkyl halides is 4. The van der Waals surface area contributed by atoms with E-state index in [1.165, 1.54) is 18.2 Å². The second-order valence-electron chi connectivity index (χ2n) is 5.13. The monoisotopic (exact) mass is 465 g/mol. The lowest BCUT2D eigenvalue weighted by molar-refractivity contribution is -0.253. The average Bonchev–Trinajstić information content (AvgIpc) is 2.71. The van der Waals surface area contributed by atoms with Gasteiger partial charge in [-0.05, 0) is 34.1 Å². The number of para-hydroxylation sites is 2. The Morgan fingerprint density at radius 3 is 2.36 bits per heavy atom. The van der Waals surface area contributed by atoms with Crippen molar-refractivity contribution in [3.63, 3.8) is 0 Å². The van der Waals surface area contributed by atoms with Crippen LogP contribution in [-0.4, -0.2) is 19.1 Å². The molecule has 1 heterocycles. The maximum Gasteiger partial charge on any atom is 0.461 e. The second-order valence-corrected chi connectivity index (χ2v) is 5.98. The molecule has 2 aromatic rings. The van der Waals surface area contributed by atoms with Gasteiger partial charge in [0.1, 0.15) is 12.4 Å². The third kappa shape index (κ3) is 5.77. The number of anilines is 1. The molecule has 0 aliphatic carbocycles. The summed E-state index contributed by atoms with van der Waals surface area (Å²) in [6, 6.07) is 10.6. The Bertz CT molecular complexity index is 744. The summed E-state index contributed by atoms with van der Waals surface area (Å²) in [5.74, 6) is 0.285. The second kappa shape index (κ2) is 11.1. The fraction of sp³-hybridized carbons (Fsp3) is 0.400. The van der Waals surface area contributed by atoms with Crippen molar-refractivity contribution in [1.82, 2.24) is 0 Å². The highest BCUT2D eigenvalue weighted by molar-refractivity contribution is 9.10. The van der Waals surface area contributed by atoms with Crippen LogP contribution in [0.1, 0.15) is 39.3 Å². The third-order valence-electron chi connectivity index (χ3n) is 3.49. The van der Waals surface area contributed by atoms with E-state index in [1.807, 2.05) is 27.7 Å². The molecule has 3 rings (SSSR count). The lowest BCUT2D eigenvalue weighted by Crippen LogP contribution is -2.34. The largest absolute Gasteiger partial charge is 0.488 e. The van der Waals surface area contributed by atoms with Gasteiger partial charge >= 0.3 is 12.5 Å². The number of nitrogens with one attached hydrogen (secondary N) is 1. The van der Waals surface area contributed by atoms with Gasteiger partial charge in [-0.1, -0.05) is 52.0 Å². The van der Waals surface area contributed by atoms with Crippen LogP contribution in [0, 0.1) is 0 Å². The highest BCUT2D eigenvalue weighted by Gasteiger charge is 2.44. The van der Waals surface area contributed by atoms with Crippen molar-refractivity contribution in [2.45, 2.75) is 46.3 Å². The van der Waals surface area contributed by atoms with Gasteiger partial charge in [0.25, 0.3) is 0 Å². The predicted molar refractivity (Wildman–Crippen MR) is 107 cm³/mol. The predicted octanol–water partition coefficient (Wildman–Crippen LogP) is 7.28. The summed E-state index contributed by atoms with van der Waals surface area (Å²) in [6.45, 7) is 8.14. The standard InChI is InChI=1S/C16H12BrF4NO2.2C2H6/c17-10-5-3-6-11-14(10)23-8-12(22-11)9-4-1-2-7-13(9)24-16(20,21)15(18)19;2*1-2/h1-7,12,15,22H,8H2;2*1-2H3. The Labute approximate surface area is 171 Å². The molecule has 1 aliphatic rings. The van der Waals surface area contributed by atoms with Gasteiger partial charge in [-0.25, -0.2) is 0 Å². The van der Waals surface area contributed by atoms with Gasteiger partial charge in [0.2, 0.25) is 0 Å². The molecule has 0 spiro atoms. The van der Waals surface area contributed by atoms with Crippen molar-refractivity contribution in [2.24, 2.45) is 0 Å². The van der Waals surface area contributed by atoms with Gasteiger partial charge in [-0.3, -0.25) is 0 Å². The zero-order valence-electron chi connectivity index (χ0n) is 16.1. The van der Waals surface area contributed by atoms with Crippen molar-refractivity contribution < 1.29 is 27.0 Å². The Hall–Kier alpha value is -1.96. The van der Waals surface area contributed by atoms with Crippen LogP contribution < -0.4 is 14.8 Å². The normalized spacial score (nSPS) is 15.0. The Morgan fingerprint density at radius 2 is 1.71 bits per heavy atom. The number of halogens is 5. The quantitative estimate of drug-likeness (QED) is 0.481. The molecule has 156 valence electrons. The lowest BCUT2D eigenvalue weighted by atomic mass is 10.0. The highest BCUT2D eigenvalue weighted by atomic mass is 79.9. The summed E-state index contributed by atoms with van der Waals surface area (Å²) >= 11 is 3.36. The zero-order valence-corrected chi connectivity index (χ0v) is 17.7. The minimum Gasteiger partial charge on any atom is -0.488 e. The molecule has 0 bridgehead atoms. The summed E-state index contributed by atoms with van der Waals surface area (Å²) in [5.41, 5.74) is 0.972. The first kappa shape index (κ1) is 24.1. The average molecular weight is 466 g/mol. The van der Waals surface area contributed by atoms with Crippen LogP contribution in [0.5, 0.6) is 11.5 Å². The van der Waals surface area contributed by atoms with Crippen molar-refractivity contribution in [3.8, 4) is 11.5 Å². The molecule has 0 radical (unpaired) electrons. The molecule has 0 saturated carbocycles. The third-order valence-corrected chi connectivity index (χ3v) is 4.11. The van der Waals surface area contributed by atoms with E-state index in [0.29, 0.717) is 17.0 Å². The van der Waals surface area contributed by atoms with Crippen LogP contribution in [0.2, 0.25) is 0 Å². The van der Waals surface area contributed by atoms with Gasteiger partial charge in [0, 0.05) is 5.56 Å². The molecule has 28 heavy (non-hydrogen) atoms. The molecule has 1 aliphatic heterocycles. The maximum atomic E-state index is 13.2. The molecule has 0 fully saturated rings. The van der Waals surface area contributed by atoms with E-state index in [4.69, 9.17) is 4.74 Å². The first-order chi connectivity index (χ1) is 13.4. The van der Waals surface area contributed by atoms with E-state index in [9.17, 15) is 17.6 Å². The maximum absolute atomic E-state index is 13.2. The lowest BCUT2D eigenvalue weighted by Gasteiger charge is -2.30. The Morgan fingerprint density at radius 1 is 1.07 bits per heavy atom. The van der Waals surface area contributed by atoms with E-state index in [2.05, 4.69) is 26.0 Å². The zero-order chi connectivity index (χ0) is 21.3. The number of fused-ring (bicyclic) bond motifs is 1. The molecule has 0 saturated heterocycles. The van der Waals surface area contributed by atoms with E-state index in [0.717, 1.165) is 4.47 Å². The van der Waals surface area contributed by atoms with Gasteiger partial charge in [0.15, 0.2) is 5.75 Å². The highest BCUT2D eigenvalue weighted by Crippen LogP contribution is 2.41. The van der Waals surface area contributed by atoms with Crippen LogP contribution in [-0.2, 0) is 0 Å². The first-order valence-electron chi connectivity index (χ1n) is 9.00. The molecule has 0 amide bonds. The molecule has 1 N–H and O–H groups in total. The fourth-order valence-corrected chi connectivity index (χ4v) is 2.87. The van der Waals surface area contributed by atoms with E-state index < -0.39 is 18.6 Å². The van der Waals surface area contributed by atoms with Crippen LogP contribution in [0.25, 0.3) is 0 Å². The smallest absolute Gasteiger partial charge is 0.461 e. The number of benzene rings is 2. The molecule has 2 aromatic carbocycles. The molecular weight excluding hydrogens is 442 g/mol. The van der Waals surface area contributed by atoms with Crippen LogP contribution in [0.3, 0.4) is 0 Å². The molecule has 3 nitrogen and oxygen atoms in total. The van der Waals surface area contributed by atoms with Crippen LogP contribution in [0.4, 0.5) is 23.2 Å². The summed E-state index contributed by atoms with van der Waals surface area (Å²) in [5, 5.41) is 3.14. The summed E-state index contributed by atoms with van der Waals surface area (Å²) in [7, 11) is 0. The van der Waals surface area contributed by atoms with Crippen molar-refractivity contribution in [2.75, 3.05) is 11.9 Å². The van der Waals surface area contributed by atoms with Gasteiger partial charge < -0.3 is 14.8 Å². The number of rotatable bonds is 4. The Kier molecular flexibility index (Phi) is 9.58. The minimum atomic E-state index is -4.56. The van der Waals surface area contributed by atoms with E-state index in [-0.39, 0.29) is 12.4 Å². The number of hydrogen-bond donors (Lipinski definition) is 1. The summed E-state index contributed by atoms with van der Waals surface area (Å²) < 4.78 is 61.9. The molecule has 1 unspecified atom stereocenters. The van der Waals surface area contributed by atoms with E-state index in [1.54, 1.807) is 24.3 Å². The van der Waals surface area contributed by atoms with Gasteiger partial charge in [0.05, 0.1) is 16.2 Å². The van der Waals surface area contributed by atoms with Gasteiger partial charge in [-0.15, -0.1) is 0 Å².